The Morgan fingerprint density at radius 1 is 1.19 bits per heavy atom. The van der Waals surface area contributed by atoms with Crippen LogP contribution in [0.3, 0.4) is 0 Å². The number of aliphatic hydroxyl groups is 1. The monoisotopic (exact) mass is 369 g/mol. The summed E-state index contributed by atoms with van der Waals surface area (Å²) in [6, 6.07) is 15.0. The van der Waals surface area contributed by atoms with Gasteiger partial charge in [0.25, 0.3) is 0 Å². The molecule has 1 aliphatic rings. The van der Waals surface area contributed by atoms with Gasteiger partial charge in [0.2, 0.25) is 0 Å². The summed E-state index contributed by atoms with van der Waals surface area (Å²) >= 11 is 1.17. The first-order valence-corrected chi connectivity index (χ1v) is 8.80. The Labute approximate surface area is 154 Å². The van der Waals surface area contributed by atoms with Crippen molar-refractivity contribution in [3.63, 3.8) is 0 Å². The van der Waals surface area contributed by atoms with Gasteiger partial charge >= 0.3 is 5.97 Å². The molecule has 0 saturated heterocycles. The van der Waals surface area contributed by atoms with Crippen molar-refractivity contribution in [2.45, 2.75) is 6.92 Å². The maximum atomic E-state index is 13.1. The normalized spacial score (nSPS) is 17.2. The predicted octanol–water partition coefficient (Wildman–Crippen LogP) is 5.02. The number of hydrogen-bond donors (Lipinski definition) is 1. The van der Waals surface area contributed by atoms with Crippen LogP contribution in [-0.2, 0) is 9.53 Å². The van der Waals surface area contributed by atoms with Gasteiger partial charge in [-0.1, -0.05) is 42.1 Å². The first-order chi connectivity index (χ1) is 12.6. The molecule has 3 rings (SSSR count). The number of nitrogens with zero attached hydrogens (tertiary/aromatic N) is 1. The molecule has 0 atom stereocenters. The predicted molar refractivity (Wildman–Crippen MR) is 102 cm³/mol. The lowest BCUT2D eigenvalue weighted by Crippen LogP contribution is -2.12. The molecule has 1 aliphatic heterocycles. The van der Waals surface area contributed by atoms with Crippen molar-refractivity contribution < 1.29 is 19.0 Å². The summed E-state index contributed by atoms with van der Waals surface area (Å²) in [5.74, 6) is -1.19. The van der Waals surface area contributed by atoms with Crippen LogP contribution >= 0.6 is 11.8 Å². The Morgan fingerprint density at radius 3 is 2.54 bits per heavy atom. The fraction of sp³-hybridized carbons (Fsp3) is 0.100. The number of thioether (sulfide) groups is 1. The van der Waals surface area contributed by atoms with Gasteiger partial charge in [0, 0.05) is 0 Å². The Bertz CT molecular complexity index is 902. The molecule has 0 fully saturated rings. The van der Waals surface area contributed by atoms with Crippen LogP contribution < -0.4 is 0 Å². The highest BCUT2D eigenvalue weighted by Crippen LogP contribution is 2.40. The number of aliphatic imine (C=N–C) groups is 1. The molecular weight excluding hydrogens is 353 g/mol. The van der Waals surface area contributed by atoms with Crippen LogP contribution in [0.2, 0.25) is 0 Å². The number of halogens is 1. The minimum Gasteiger partial charge on any atom is -0.506 e. The van der Waals surface area contributed by atoms with E-state index in [-0.39, 0.29) is 23.8 Å². The van der Waals surface area contributed by atoms with Crippen LogP contribution in [0.15, 0.2) is 75.8 Å². The lowest BCUT2D eigenvalue weighted by atomic mass is 10.1. The van der Waals surface area contributed by atoms with Gasteiger partial charge in [-0.2, -0.15) is 0 Å². The third-order valence-electron chi connectivity index (χ3n) is 3.52. The summed E-state index contributed by atoms with van der Waals surface area (Å²) in [6.07, 6.45) is 1.77. The number of esters is 1. The molecule has 0 aliphatic carbocycles. The molecule has 0 amide bonds. The second-order valence-corrected chi connectivity index (χ2v) is 6.39. The number of hydrogen-bond acceptors (Lipinski definition) is 5. The summed E-state index contributed by atoms with van der Waals surface area (Å²) in [7, 11) is 0. The molecule has 0 bridgehead atoms. The molecule has 0 spiro atoms. The van der Waals surface area contributed by atoms with Crippen molar-refractivity contribution in [3.8, 4) is 0 Å². The van der Waals surface area contributed by atoms with Crippen molar-refractivity contribution in [2.24, 2.45) is 4.99 Å². The number of carbonyl (C=O) groups is 1. The maximum Gasteiger partial charge on any atom is 0.344 e. The molecule has 6 heteroatoms. The molecule has 0 saturated carbocycles. The van der Waals surface area contributed by atoms with E-state index in [9.17, 15) is 14.3 Å². The second-order valence-electron chi connectivity index (χ2n) is 5.36. The van der Waals surface area contributed by atoms with E-state index in [1.807, 2.05) is 30.3 Å². The zero-order chi connectivity index (χ0) is 18.5. The van der Waals surface area contributed by atoms with E-state index < -0.39 is 5.97 Å². The number of aliphatic hydroxyl groups excluding tert-OH is 1. The van der Waals surface area contributed by atoms with E-state index in [1.165, 1.54) is 36.0 Å². The van der Waals surface area contributed by atoms with Gasteiger partial charge in [-0.05, 0) is 42.8 Å². The summed E-state index contributed by atoms with van der Waals surface area (Å²) in [4.78, 5) is 17.2. The largest absolute Gasteiger partial charge is 0.506 e. The minimum absolute atomic E-state index is 0.0170. The van der Waals surface area contributed by atoms with Crippen LogP contribution in [-0.4, -0.2) is 22.7 Å². The van der Waals surface area contributed by atoms with Crippen molar-refractivity contribution >= 4 is 34.5 Å². The van der Waals surface area contributed by atoms with E-state index in [0.29, 0.717) is 15.6 Å². The van der Waals surface area contributed by atoms with Crippen LogP contribution in [0.25, 0.3) is 6.08 Å². The molecule has 0 unspecified atom stereocenters. The van der Waals surface area contributed by atoms with Gasteiger partial charge in [-0.3, -0.25) is 0 Å². The first kappa shape index (κ1) is 17.9. The van der Waals surface area contributed by atoms with Gasteiger partial charge in [0.05, 0.1) is 17.2 Å². The van der Waals surface area contributed by atoms with Gasteiger partial charge < -0.3 is 9.84 Å². The molecule has 1 N–H and O–H groups in total. The number of benzene rings is 2. The average molecular weight is 369 g/mol. The van der Waals surface area contributed by atoms with E-state index in [2.05, 4.69) is 4.99 Å². The van der Waals surface area contributed by atoms with Gasteiger partial charge in [0.1, 0.15) is 22.2 Å². The van der Waals surface area contributed by atoms with Crippen LogP contribution in [0.4, 0.5) is 10.1 Å². The third kappa shape index (κ3) is 4.03. The van der Waals surface area contributed by atoms with Crippen LogP contribution in [0, 0.1) is 5.82 Å². The zero-order valence-electron chi connectivity index (χ0n) is 14.0. The van der Waals surface area contributed by atoms with Gasteiger partial charge in [-0.25, -0.2) is 14.2 Å². The average Bonchev–Trinajstić information content (AvgIpc) is 2.93. The SMILES string of the molecule is CCOC(=O)C1=C(O)/C(=C\c2ccccc2)SC1=Nc1ccc(F)cc1. The van der Waals surface area contributed by atoms with Crippen LogP contribution in [0.1, 0.15) is 12.5 Å². The van der Waals surface area contributed by atoms with E-state index >= 15 is 0 Å². The van der Waals surface area contributed by atoms with Crippen molar-refractivity contribution in [3.05, 3.63) is 82.2 Å². The smallest absolute Gasteiger partial charge is 0.344 e. The quantitative estimate of drug-likeness (QED) is 0.769. The topological polar surface area (TPSA) is 58.9 Å². The highest BCUT2D eigenvalue weighted by Gasteiger charge is 2.33. The Kier molecular flexibility index (Phi) is 5.53. The van der Waals surface area contributed by atoms with E-state index in [0.717, 1.165) is 5.56 Å². The number of rotatable bonds is 4. The van der Waals surface area contributed by atoms with Crippen molar-refractivity contribution in [1.82, 2.24) is 0 Å². The highest BCUT2D eigenvalue weighted by atomic mass is 32.2. The molecule has 0 radical (unpaired) electrons. The standard InChI is InChI=1S/C20H16FNO3S/c1-2-25-20(24)17-18(23)16(12-13-6-4-3-5-7-13)26-19(17)22-15-10-8-14(21)9-11-15/h3-12,23H,2H2,1H3/b16-12+,22-19?. The van der Waals surface area contributed by atoms with Gasteiger partial charge in [0.15, 0.2) is 0 Å². The summed E-state index contributed by atoms with van der Waals surface area (Å²) in [5.41, 5.74) is 1.38. The second kappa shape index (κ2) is 8.01. The minimum atomic E-state index is -0.644. The number of ether oxygens (including phenoxy) is 1. The van der Waals surface area contributed by atoms with E-state index in [1.54, 1.807) is 13.0 Å². The molecule has 2 aromatic rings. The lowest BCUT2D eigenvalue weighted by Gasteiger charge is -2.03. The summed E-state index contributed by atoms with van der Waals surface area (Å²) in [6.45, 7) is 1.87. The Hall–Kier alpha value is -2.86. The molecule has 26 heavy (non-hydrogen) atoms. The lowest BCUT2D eigenvalue weighted by molar-refractivity contribution is -0.138. The molecule has 2 aromatic carbocycles. The summed E-state index contributed by atoms with van der Waals surface area (Å²) < 4.78 is 18.1. The van der Waals surface area contributed by atoms with Gasteiger partial charge in [-0.15, -0.1) is 0 Å². The molecule has 0 aromatic heterocycles. The van der Waals surface area contributed by atoms with Crippen molar-refractivity contribution in [2.75, 3.05) is 6.61 Å². The fourth-order valence-corrected chi connectivity index (χ4v) is 3.36. The zero-order valence-corrected chi connectivity index (χ0v) is 14.8. The Morgan fingerprint density at radius 2 is 1.88 bits per heavy atom. The van der Waals surface area contributed by atoms with E-state index in [4.69, 9.17) is 4.74 Å². The summed E-state index contributed by atoms with van der Waals surface area (Å²) in [5, 5.41) is 10.9. The Balaban J connectivity index is 2.02. The molecule has 4 nitrogen and oxygen atoms in total. The maximum absolute atomic E-state index is 13.1. The molecule has 1 heterocycles. The fourth-order valence-electron chi connectivity index (χ4n) is 2.33. The molecule has 132 valence electrons. The van der Waals surface area contributed by atoms with Crippen molar-refractivity contribution in [1.29, 1.82) is 0 Å². The third-order valence-corrected chi connectivity index (χ3v) is 4.54. The molecular formula is C20H16FNO3S. The first-order valence-electron chi connectivity index (χ1n) is 7.98. The van der Waals surface area contributed by atoms with Crippen LogP contribution in [0.5, 0.6) is 0 Å². The highest BCUT2D eigenvalue weighted by molar-refractivity contribution is 8.18. The number of carbonyl (C=O) groups excluding carboxylic acids is 1.